The van der Waals surface area contributed by atoms with Crippen LogP contribution >= 0.6 is 0 Å². The van der Waals surface area contributed by atoms with Crippen molar-refractivity contribution in [3.63, 3.8) is 0 Å². The highest BCUT2D eigenvalue weighted by atomic mass is 19.2. The van der Waals surface area contributed by atoms with Crippen molar-refractivity contribution in [3.05, 3.63) is 52.0 Å². The first kappa shape index (κ1) is 18.1. The Morgan fingerprint density at radius 1 is 1.28 bits per heavy atom. The molecule has 0 radical (unpaired) electrons. The molecule has 0 aliphatic heterocycles. The van der Waals surface area contributed by atoms with E-state index in [9.17, 15) is 28.0 Å². The molecular formula is C16H11F3N2O4. The van der Waals surface area contributed by atoms with Gasteiger partial charge < -0.3 is 9.15 Å². The van der Waals surface area contributed by atoms with Crippen molar-refractivity contribution >= 4 is 17.8 Å². The summed E-state index contributed by atoms with van der Waals surface area (Å²) in [6, 6.07) is 2.99. The van der Waals surface area contributed by atoms with E-state index in [4.69, 9.17) is 9.15 Å². The molecule has 1 amide bonds. The molecule has 0 saturated carbocycles. The summed E-state index contributed by atoms with van der Waals surface area (Å²) in [6.07, 6.45) is 0. The molecule has 0 saturated heterocycles. The van der Waals surface area contributed by atoms with E-state index in [2.05, 4.69) is 5.32 Å². The van der Waals surface area contributed by atoms with Crippen molar-refractivity contribution in [2.75, 3.05) is 11.9 Å². The molecule has 2 rings (SSSR count). The zero-order valence-electron chi connectivity index (χ0n) is 13.1. The van der Waals surface area contributed by atoms with Gasteiger partial charge in [0.2, 0.25) is 5.88 Å². The zero-order valence-corrected chi connectivity index (χ0v) is 13.1. The number of carbonyl (C=O) groups excluding carboxylic acids is 2. The zero-order chi connectivity index (χ0) is 18.7. The lowest BCUT2D eigenvalue weighted by molar-refractivity contribution is 0.0524. The Morgan fingerprint density at radius 2 is 1.96 bits per heavy atom. The molecule has 9 heteroatoms. The Morgan fingerprint density at radius 3 is 2.56 bits per heavy atom. The highest BCUT2D eigenvalue weighted by molar-refractivity contribution is 6.05. The quantitative estimate of drug-likeness (QED) is 0.673. The van der Waals surface area contributed by atoms with Crippen molar-refractivity contribution in [1.82, 2.24) is 0 Å². The number of benzene rings is 1. The molecule has 0 spiro atoms. The summed E-state index contributed by atoms with van der Waals surface area (Å²) in [6.45, 7) is 2.98. The smallest absolute Gasteiger partial charge is 0.343 e. The molecule has 0 aliphatic carbocycles. The van der Waals surface area contributed by atoms with Gasteiger partial charge in [0.25, 0.3) is 5.91 Å². The maximum absolute atomic E-state index is 13.7. The molecule has 0 bridgehead atoms. The molecule has 0 aliphatic rings. The van der Waals surface area contributed by atoms with Crippen LogP contribution in [0.3, 0.4) is 0 Å². The minimum absolute atomic E-state index is 0.00365. The Labute approximate surface area is 139 Å². The average Bonchev–Trinajstić information content (AvgIpc) is 2.87. The molecule has 25 heavy (non-hydrogen) atoms. The first-order valence-corrected chi connectivity index (χ1v) is 6.97. The monoisotopic (exact) mass is 352 g/mol. The summed E-state index contributed by atoms with van der Waals surface area (Å²) < 4.78 is 49.8. The van der Waals surface area contributed by atoms with Crippen molar-refractivity contribution in [2.24, 2.45) is 0 Å². The van der Waals surface area contributed by atoms with E-state index in [0.29, 0.717) is 6.07 Å². The van der Waals surface area contributed by atoms with Crippen molar-refractivity contribution < 1.29 is 31.9 Å². The number of halogens is 3. The fourth-order valence-electron chi connectivity index (χ4n) is 2.06. The molecule has 0 atom stereocenters. The lowest BCUT2D eigenvalue weighted by Gasteiger charge is -2.05. The second kappa shape index (κ2) is 7.09. The molecule has 1 aromatic carbocycles. The van der Waals surface area contributed by atoms with Crippen LogP contribution in [0.1, 0.15) is 39.0 Å². The summed E-state index contributed by atoms with van der Waals surface area (Å²) in [5.41, 5.74) is -1.31. The van der Waals surface area contributed by atoms with Gasteiger partial charge in [-0.2, -0.15) is 5.26 Å². The van der Waals surface area contributed by atoms with E-state index in [1.54, 1.807) is 13.0 Å². The third-order valence-electron chi connectivity index (χ3n) is 3.18. The SMILES string of the molecule is CCOC(=O)c1c(C)oc(NC(=O)c2ccc(F)c(F)c2F)c1C#N. The Bertz CT molecular complexity index is 900. The molecule has 130 valence electrons. The van der Waals surface area contributed by atoms with E-state index in [-0.39, 0.29) is 23.5 Å². The van der Waals surface area contributed by atoms with Gasteiger partial charge in [-0.25, -0.2) is 18.0 Å². The van der Waals surface area contributed by atoms with E-state index in [1.807, 2.05) is 0 Å². The fourth-order valence-corrected chi connectivity index (χ4v) is 2.06. The normalized spacial score (nSPS) is 10.2. The number of aryl methyl sites for hydroxylation is 1. The van der Waals surface area contributed by atoms with Crippen LogP contribution in [0.2, 0.25) is 0 Å². The van der Waals surface area contributed by atoms with Gasteiger partial charge in [0.15, 0.2) is 17.5 Å². The summed E-state index contributed by atoms with van der Waals surface area (Å²) in [7, 11) is 0. The molecule has 1 aromatic heterocycles. The first-order chi connectivity index (χ1) is 11.8. The Balaban J connectivity index is 2.40. The molecule has 1 N–H and O–H groups in total. The van der Waals surface area contributed by atoms with E-state index in [1.165, 1.54) is 6.92 Å². The summed E-state index contributed by atoms with van der Waals surface area (Å²) >= 11 is 0. The second-order valence-corrected chi connectivity index (χ2v) is 4.75. The lowest BCUT2D eigenvalue weighted by atomic mass is 10.1. The Kier molecular flexibility index (Phi) is 5.12. The third-order valence-corrected chi connectivity index (χ3v) is 3.18. The van der Waals surface area contributed by atoms with Crippen LogP contribution in [-0.2, 0) is 4.74 Å². The molecule has 0 unspecified atom stereocenters. The molecule has 0 fully saturated rings. The highest BCUT2D eigenvalue weighted by Gasteiger charge is 2.27. The van der Waals surface area contributed by atoms with Gasteiger partial charge in [-0.15, -0.1) is 0 Å². The van der Waals surface area contributed by atoms with Crippen LogP contribution in [-0.4, -0.2) is 18.5 Å². The second-order valence-electron chi connectivity index (χ2n) is 4.75. The molecule has 2 aromatic rings. The van der Waals surface area contributed by atoms with Crippen LogP contribution in [0, 0.1) is 35.7 Å². The standard InChI is InChI=1S/C16H11F3N2O4/c1-3-24-16(23)11-7(2)25-15(9(11)6-20)21-14(22)8-4-5-10(17)13(19)12(8)18/h4-5H,3H2,1-2H3,(H,21,22). The van der Waals surface area contributed by atoms with E-state index >= 15 is 0 Å². The number of rotatable bonds is 4. The van der Waals surface area contributed by atoms with E-state index in [0.717, 1.165) is 6.07 Å². The van der Waals surface area contributed by atoms with Crippen molar-refractivity contribution in [3.8, 4) is 6.07 Å². The first-order valence-electron chi connectivity index (χ1n) is 6.97. The van der Waals surface area contributed by atoms with Crippen LogP contribution < -0.4 is 5.32 Å². The number of nitriles is 1. The predicted octanol–water partition coefficient (Wildman–Crippen LogP) is 3.31. The number of ether oxygens (including phenoxy) is 1. The predicted molar refractivity (Wildman–Crippen MR) is 78.4 cm³/mol. The Hall–Kier alpha value is -3.28. The van der Waals surface area contributed by atoms with Crippen LogP contribution in [0.5, 0.6) is 0 Å². The maximum Gasteiger partial charge on any atom is 0.343 e. The topological polar surface area (TPSA) is 92.3 Å². The number of amides is 1. The summed E-state index contributed by atoms with van der Waals surface area (Å²) in [4.78, 5) is 23.9. The number of furan rings is 1. The van der Waals surface area contributed by atoms with Gasteiger partial charge in [-0.1, -0.05) is 0 Å². The summed E-state index contributed by atoms with van der Waals surface area (Å²) in [5, 5.41) is 11.3. The molecular weight excluding hydrogens is 341 g/mol. The van der Waals surface area contributed by atoms with E-state index < -0.39 is 40.8 Å². The number of anilines is 1. The fraction of sp³-hybridized carbons (Fsp3) is 0.188. The van der Waals surface area contributed by atoms with Gasteiger partial charge in [0.05, 0.1) is 12.2 Å². The van der Waals surface area contributed by atoms with Gasteiger partial charge in [0, 0.05) is 0 Å². The molecule has 6 nitrogen and oxygen atoms in total. The highest BCUT2D eigenvalue weighted by Crippen LogP contribution is 2.28. The molecule has 1 heterocycles. The van der Waals surface area contributed by atoms with Gasteiger partial charge in [0.1, 0.15) is 23.0 Å². The minimum Gasteiger partial charge on any atom is -0.462 e. The summed E-state index contributed by atoms with van der Waals surface area (Å²) in [5.74, 6) is -7.41. The number of esters is 1. The van der Waals surface area contributed by atoms with Crippen LogP contribution in [0.4, 0.5) is 19.1 Å². The van der Waals surface area contributed by atoms with Gasteiger partial charge >= 0.3 is 5.97 Å². The van der Waals surface area contributed by atoms with Gasteiger partial charge in [-0.3, -0.25) is 10.1 Å². The maximum atomic E-state index is 13.7. The van der Waals surface area contributed by atoms with Crippen molar-refractivity contribution in [1.29, 1.82) is 5.26 Å². The number of nitrogens with zero attached hydrogens (tertiary/aromatic N) is 1. The number of hydrogen-bond acceptors (Lipinski definition) is 5. The lowest BCUT2D eigenvalue weighted by Crippen LogP contribution is -2.16. The number of nitrogens with one attached hydrogen (secondary N) is 1. The average molecular weight is 352 g/mol. The number of hydrogen-bond donors (Lipinski definition) is 1. The number of carbonyl (C=O) groups is 2. The third kappa shape index (κ3) is 3.33. The minimum atomic E-state index is -1.81. The van der Waals surface area contributed by atoms with Crippen LogP contribution in [0.15, 0.2) is 16.5 Å². The largest absolute Gasteiger partial charge is 0.462 e. The van der Waals surface area contributed by atoms with Crippen molar-refractivity contribution in [2.45, 2.75) is 13.8 Å². The van der Waals surface area contributed by atoms with Crippen LogP contribution in [0.25, 0.3) is 0 Å². The van der Waals surface area contributed by atoms with Gasteiger partial charge in [-0.05, 0) is 26.0 Å².